The lowest BCUT2D eigenvalue weighted by atomic mass is 10.1. The Morgan fingerprint density at radius 3 is 2.70 bits per heavy atom. The van der Waals surface area contributed by atoms with Gasteiger partial charge < -0.3 is 14.7 Å². The van der Waals surface area contributed by atoms with Crippen molar-refractivity contribution in [2.45, 2.75) is 31.9 Å². The van der Waals surface area contributed by atoms with Gasteiger partial charge in [-0.2, -0.15) is 0 Å². The second-order valence-electron chi connectivity index (χ2n) is 4.77. The molecule has 1 aromatic carbocycles. The van der Waals surface area contributed by atoms with Crippen molar-refractivity contribution in [1.82, 2.24) is 4.90 Å². The molecule has 0 bridgehead atoms. The van der Waals surface area contributed by atoms with Crippen molar-refractivity contribution in [3.8, 4) is 0 Å². The predicted octanol–water partition coefficient (Wildman–Crippen LogP) is 1.84. The van der Waals surface area contributed by atoms with Crippen LogP contribution in [0.25, 0.3) is 0 Å². The van der Waals surface area contributed by atoms with E-state index in [-0.39, 0.29) is 5.91 Å². The molecule has 0 spiro atoms. The summed E-state index contributed by atoms with van der Waals surface area (Å²) in [5.74, 6) is -1.21. The van der Waals surface area contributed by atoms with Gasteiger partial charge in [0.15, 0.2) is 6.10 Å². The van der Waals surface area contributed by atoms with E-state index in [0.717, 1.165) is 12.0 Å². The molecule has 0 aromatic heterocycles. The quantitative estimate of drug-likeness (QED) is 0.891. The van der Waals surface area contributed by atoms with Crippen LogP contribution in [-0.2, 0) is 14.3 Å². The first-order chi connectivity index (χ1) is 9.65. The fourth-order valence-electron chi connectivity index (χ4n) is 2.54. The molecule has 1 unspecified atom stereocenters. The van der Waals surface area contributed by atoms with Crippen molar-refractivity contribution in [3.05, 3.63) is 35.9 Å². The Morgan fingerprint density at radius 2 is 2.10 bits per heavy atom. The first-order valence-corrected chi connectivity index (χ1v) is 6.85. The molecule has 5 nitrogen and oxygen atoms in total. The van der Waals surface area contributed by atoms with Crippen molar-refractivity contribution in [1.29, 1.82) is 0 Å². The van der Waals surface area contributed by atoms with Crippen LogP contribution in [-0.4, -0.2) is 41.1 Å². The Kier molecular flexibility index (Phi) is 4.74. The summed E-state index contributed by atoms with van der Waals surface area (Å²) < 4.78 is 5.55. The highest BCUT2D eigenvalue weighted by molar-refractivity contribution is 5.87. The summed E-state index contributed by atoms with van der Waals surface area (Å²) in [6.45, 7) is 2.70. The average molecular weight is 277 g/mol. The largest absolute Gasteiger partial charge is 0.480 e. The van der Waals surface area contributed by atoms with Crippen LogP contribution in [0.5, 0.6) is 0 Å². The van der Waals surface area contributed by atoms with Gasteiger partial charge in [0.1, 0.15) is 6.04 Å². The molecular weight excluding hydrogens is 258 g/mol. The number of benzene rings is 1. The van der Waals surface area contributed by atoms with E-state index in [9.17, 15) is 14.7 Å². The van der Waals surface area contributed by atoms with Crippen molar-refractivity contribution in [3.63, 3.8) is 0 Å². The highest BCUT2D eigenvalue weighted by atomic mass is 16.5. The summed E-state index contributed by atoms with van der Waals surface area (Å²) in [5.41, 5.74) is 0.760. The van der Waals surface area contributed by atoms with Crippen LogP contribution >= 0.6 is 0 Å². The third kappa shape index (κ3) is 2.99. The zero-order valence-electron chi connectivity index (χ0n) is 11.5. The van der Waals surface area contributed by atoms with Crippen LogP contribution in [0, 0.1) is 0 Å². The number of carbonyl (C=O) groups is 2. The molecule has 1 aliphatic rings. The number of aliphatic carboxylic acids is 1. The van der Waals surface area contributed by atoms with E-state index in [4.69, 9.17) is 4.74 Å². The molecule has 0 radical (unpaired) electrons. The van der Waals surface area contributed by atoms with Gasteiger partial charge in [-0.1, -0.05) is 30.3 Å². The molecule has 0 aliphatic carbocycles. The SMILES string of the molecule is CCOC(C(=O)N1CCC[C@@H]1C(=O)O)c1ccccc1. The summed E-state index contributed by atoms with van der Waals surface area (Å²) in [7, 11) is 0. The number of amides is 1. The number of ether oxygens (including phenoxy) is 1. The summed E-state index contributed by atoms with van der Waals surface area (Å²) in [4.78, 5) is 25.2. The molecule has 108 valence electrons. The van der Waals surface area contributed by atoms with Gasteiger partial charge in [0, 0.05) is 13.2 Å². The maximum absolute atomic E-state index is 12.6. The molecule has 0 saturated carbocycles. The van der Waals surface area contributed by atoms with Crippen molar-refractivity contribution in [2.75, 3.05) is 13.2 Å². The van der Waals surface area contributed by atoms with Gasteiger partial charge in [-0.05, 0) is 25.3 Å². The van der Waals surface area contributed by atoms with E-state index in [2.05, 4.69) is 0 Å². The Balaban J connectivity index is 2.21. The molecule has 2 rings (SSSR count). The molecule has 20 heavy (non-hydrogen) atoms. The van der Waals surface area contributed by atoms with Crippen LogP contribution in [0.3, 0.4) is 0 Å². The lowest BCUT2D eigenvalue weighted by Gasteiger charge is -2.26. The maximum Gasteiger partial charge on any atom is 0.326 e. The van der Waals surface area contributed by atoms with E-state index in [0.29, 0.717) is 19.6 Å². The first-order valence-electron chi connectivity index (χ1n) is 6.85. The fourth-order valence-corrected chi connectivity index (χ4v) is 2.54. The van der Waals surface area contributed by atoms with E-state index < -0.39 is 18.1 Å². The summed E-state index contributed by atoms with van der Waals surface area (Å²) >= 11 is 0. The topological polar surface area (TPSA) is 66.8 Å². The second-order valence-corrected chi connectivity index (χ2v) is 4.77. The third-order valence-corrected chi connectivity index (χ3v) is 3.48. The van der Waals surface area contributed by atoms with Crippen molar-refractivity contribution < 1.29 is 19.4 Å². The minimum atomic E-state index is -0.945. The van der Waals surface area contributed by atoms with Crippen LogP contribution < -0.4 is 0 Å². The summed E-state index contributed by atoms with van der Waals surface area (Å²) in [6, 6.07) is 8.47. The molecule has 5 heteroatoms. The monoisotopic (exact) mass is 277 g/mol. The van der Waals surface area contributed by atoms with Crippen LogP contribution in [0.15, 0.2) is 30.3 Å². The Morgan fingerprint density at radius 1 is 1.40 bits per heavy atom. The van der Waals surface area contributed by atoms with Crippen LogP contribution in [0.1, 0.15) is 31.4 Å². The number of carboxylic acid groups (broad SMARTS) is 1. The number of carboxylic acids is 1. The van der Waals surface area contributed by atoms with Gasteiger partial charge in [0.2, 0.25) is 0 Å². The fraction of sp³-hybridized carbons (Fsp3) is 0.467. The van der Waals surface area contributed by atoms with Gasteiger partial charge in [0.25, 0.3) is 5.91 Å². The van der Waals surface area contributed by atoms with E-state index >= 15 is 0 Å². The third-order valence-electron chi connectivity index (χ3n) is 3.48. The van der Waals surface area contributed by atoms with Gasteiger partial charge in [-0.25, -0.2) is 4.79 Å². The smallest absolute Gasteiger partial charge is 0.326 e. The summed E-state index contributed by atoms with van der Waals surface area (Å²) in [5, 5.41) is 9.18. The summed E-state index contributed by atoms with van der Waals surface area (Å²) in [6.07, 6.45) is 0.506. The number of likely N-dealkylation sites (tertiary alicyclic amines) is 1. The molecule has 1 aromatic rings. The molecule has 1 fully saturated rings. The zero-order chi connectivity index (χ0) is 14.5. The Hall–Kier alpha value is -1.88. The number of carbonyl (C=O) groups excluding carboxylic acids is 1. The number of rotatable bonds is 5. The first kappa shape index (κ1) is 14.5. The number of hydrogen-bond acceptors (Lipinski definition) is 3. The number of nitrogens with zero attached hydrogens (tertiary/aromatic N) is 1. The molecule has 1 aliphatic heterocycles. The van der Waals surface area contributed by atoms with E-state index in [1.165, 1.54) is 4.90 Å². The predicted molar refractivity (Wildman–Crippen MR) is 73.2 cm³/mol. The standard InChI is InChI=1S/C15H19NO4/c1-2-20-13(11-7-4-3-5-8-11)14(17)16-10-6-9-12(16)15(18)19/h3-5,7-8,12-13H,2,6,9-10H2,1H3,(H,18,19)/t12-,13?/m1/s1. The second kappa shape index (κ2) is 6.52. The van der Waals surface area contributed by atoms with Crippen molar-refractivity contribution in [2.24, 2.45) is 0 Å². The lowest BCUT2D eigenvalue weighted by molar-refractivity contribution is -0.154. The molecule has 1 saturated heterocycles. The Labute approximate surface area is 118 Å². The van der Waals surface area contributed by atoms with Crippen LogP contribution in [0.4, 0.5) is 0 Å². The molecule has 2 atom stereocenters. The number of hydrogen-bond donors (Lipinski definition) is 1. The molecule has 1 amide bonds. The zero-order valence-corrected chi connectivity index (χ0v) is 11.5. The molecule has 1 heterocycles. The maximum atomic E-state index is 12.6. The average Bonchev–Trinajstić information content (AvgIpc) is 2.94. The highest BCUT2D eigenvalue weighted by Crippen LogP contribution is 2.26. The Bertz CT molecular complexity index is 474. The van der Waals surface area contributed by atoms with Gasteiger partial charge in [-0.3, -0.25) is 4.79 Å². The minimum absolute atomic E-state index is 0.261. The van der Waals surface area contributed by atoms with Gasteiger partial charge >= 0.3 is 5.97 Å². The van der Waals surface area contributed by atoms with Crippen LogP contribution in [0.2, 0.25) is 0 Å². The molecule has 1 N–H and O–H groups in total. The minimum Gasteiger partial charge on any atom is -0.480 e. The normalized spacial score (nSPS) is 19.9. The van der Waals surface area contributed by atoms with Gasteiger partial charge in [0.05, 0.1) is 0 Å². The van der Waals surface area contributed by atoms with E-state index in [1.807, 2.05) is 37.3 Å². The molecular formula is C15H19NO4. The van der Waals surface area contributed by atoms with Crippen molar-refractivity contribution >= 4 is 11.9 Å². The van der Waals surface area contributed by atoms with E-state index in [1.54, 1.807) is 0 Å². The highest BCUT2D eigenvalue weighted by Gasteiger charge is 2.37. The van der Waals surface area contributed by atoms with Gasteiger partial charge in [-0.15, -0.1) is 0 Å². The lowest BCUT2D eigenvalue weighted by Crippen LogP contribution is -2.43.